The molecule has 0 spiro atoms. The van der Waals surface area contributed by atoms with Gasteiger partial charge in [-0.1, -0.05) is 0 Å². The lowest BCUT2D eigenvalue weighted by Crippen LogP contribution is -2.06. The van der Waals surface area contributed by atoms with Crippen molar-refractivity contribution in [3.05, 3.63) is 47.5 Å². The number of hydrogen-bond acceptors (Lipinski definition) is 4. The van der Waals surface area contributed by atoms with Crippen LogP contribution in [0.25, 0.3) is 0 Å². The van der Waals surface area contributed by atoms with E-state index in [1.807, 2.05) is 25.1 Å². The third-order valence-electron chi connectivity index (χ3n) is 2.39. The fraction of sp³-hybridized carbons (Fsp3) is 0.250. The summed E-state index contributed by atoms with van der Waals surface area (Å²) >= 11 is 0. The van der Waals surface area contributed by atoms with Crippen LogP contribution in [0.3, 0.4) is 0 Å². The SMILES string of the molecule is Cc1ccnc(OCc2ccco2)c1CN. The van der Waals surface area contributed by atoms with Gasteiger partial charge < -0.3 is 14.9 Å². The number of nitrogens with zero attached hydrogens (tertiary/aromatic N) is 1. The summed E-state index contributed by atoms with van der Waals surface area (Å²) in [6, 6.07) is 5.60. The Bertz CT molecular complexity index is 452. The van der Waals surface area contributed by atoms with Crippen molar-refractivity contribution >= 4 is 0 Å². The van der Waals surface area contributed by atoms with E-state index in [0.717, 1.165) is 16.9 Å². The Hall–Kier alpha value is -1.81. The second-order valence-electron chi connectivity index (χ2n) is 3.48. The van der Waals surface area contributed by atoms with E-state index in [0.29, 0.717) is 19.0 Å². The first-order chi connectivity index (χ1) is 7.81. The van der Waals surface area contributed by atoms with E-state index >= 15 is 0 Å². The van der Waals surface area contributed by atoms with E-state index in [9.17, 15) is 0 Å². The highest BCUT2D eigenvalue weighted by molar-refractivity contribution is 5.33. The van der Waals surface area contributed by atoms with Gasteiger partial charge in [-0.2, -0.15) is 0 Å². The van der Waals surface area contributed by atoms with Crippen molar-refractivity contribution in [2.45, 2.75) is 20.1 Å². The molecule has 2 heterocycles. The van der Waals surface area contributed by atoms with Gasteiger partial charge >= 0.3 is 0 Å². The first kappa shape index (κ1) is 10.7. The number of rotatable bonds is 4. The summed E-state index contributed by atoms with van der Waals surface area (Å²) in [4.78, 5) is 4.17. The van der Waals surface area contributed by atoms with Crippen LogP contribution in [0.5, 0.6) is 5.88 Å². The van der Waals surface area contributed by atoms with Gasteiger partial charge in [0, 0.05) is 18.3 Å². The van der Waals surface area contributed by atoms with Gasteiger partial charge in [-0.3, -0.25) is 0 Å². The van der Waals surface area contributed by atoms with E-state index in [1.54, 1.807) is 12.5 Å². The van der Waals surface area contributed by atoms with Crippen molar-refractivity contribution in [3.63, 3.8) is 0 Å². The third kappa shape index (κ3) is 2.23. The van der Waals surface area contributed by atoms with Gasteiger partial charge in [0.25, 0.3) is 0 Å². The Labute approximate surface area is 94.1 Å². The normalized spacial score (nSPS) is 10.4. The first-order valence-corrected chi connectivity index (χ1v) is 5.11. The molecule has 0 bridgehead atoms. The highest BCUT2D eigenvalue weighted by atomic mass is 16.5. The van der Waals surface area contributed by atoms with E-state index in [-0.39, 0.29) is 0 Å². The number of nitrogens with two attached hydrogens (primary N) is 1. The maximum absolute atomic E-state index is 5.66. The van der Waals surface area contributed by atoms with Crippen LogP contribution in [0.1, 0.15) is 16.9 Å². The van der Waals surface area contributed by atoms with E-state index < -0.39 is 0 Å². The number of hydrogen-bond donors (Lipinski definition) is 1. The number of furan rings is 1. The Balaban J connectivity index is 2.12. The molecule has 0 saturated heterocycles. The van der Waals surface area contributed by atoms with Crippen molar-refractivity contribution in [2.24, 2.45) is 5.73 Å². The summed E-state index contributed by atoms with van der Waals surface area (Å²) in [6.07, 6.45) is 3.33. The predicted molar refractivity (Wildman–Crippen MR) is 59.9 cm³/mol. The van der Waals surface area contributed by atoms with Crippen molar-refractivity contribution in [1.29, 1.82) is 0 Å². The monoisotopic (exact) mass is 218 g/mol. The van der Waals surface area contributed by atoms with E-state index in [2.05, 4.69) is 4.98 Å². The molecule has 0 aliphatic heterocycles. The van der Waals surface area contributed by atoms with Crippen molar-refractivity contribution in [1.82, 2.24) is 4.98 Å². The zero-order chi connectivity index (χ0) is 11.4. The Morgan fingerprint density at radius 1 is 1.44 bits per heavy atom. The molecule has 0 aliphatic rings. The molecule has 0 amide bonds. The van der Waals surface area contributed by atoms with Crippen LogP contribution in [0.15, 0.2) is 35.1 Å². The number of pyridine rings is 1. The fourth-order valence-electron chi connectivity index (χ4n) is 1.47. The molecule has 0 atom stereocenters. The minimum Gasteiger partial charge on any atom is -0.469 e. The van der Waals surface area contributed by atoms with Crippen molar-refractivity contribution < 1.29 is 9.15 Å². The summed E-state index contributed by atoms with van der Waals surface area (Å²) in [5.41, 5.74) is 7.69. The maximum atomic E-state index is 5.66. The molecule has 2 N–H and O–H groups in total. The highest BCUT2D eigenvalue weighted by Crippen LogP contribution is 2.19. The summed E-state index contributed by atoms with van der Waals surface area (Å²) in [7, 11) is 0. The molecule has 84 valence electrons. The minimum atomic E-state index is 0.371. The minimum absolute atomic E-state index is 0.371. The summed E-state index contributed by atoms with van der Waals surface area (Å²) in [6.45, 7) is 2.78. The number of aryl methyl sites for hydroxylation is 1. The molecule has 0 saturated carbocycles. The quantitative estimate of drug-likeness (QED) is 0.852. The molecule has 0 fully saturated rings. The lowest BCUT2D eigenvalue weighted by atomic mass is 10.1. The highest BCUT2D eigenvalue weighted by Gasteiger charge is 2.07. The predicted octanol–water partition coefficient (Wildman–Crippen LogP) is 2.02. The Morgan fingerprint density at radius 2 is 2.31 bits per heavy atom. The molecule has 2 aromatic rings. The molecule has 2 rings (SSSR count). The molecule has 16 heavy (non-hydrogen) atoms. The standard InChI is InChI=1S/C12H14N2O2/c1-9-4-5-14-12(11(9)7-13)16-8-10-3-2-6-15-10/h2-6H,7-8,13H2,1H3. The van der Waals surface area contributed by atoms with E-state index in [4.69, 9.17) is 14.9 Å². The van der Waals surface area contributed by atoms with Gasteiger partial charge in [0.05, 0.1) is 6.26 Å². The van der Waals surface area contributed by atoms with Crippen LogP contribution >= 0.6 is 0 Å². The van der Waals surface area contributed by atoms with Crippen LogP contribution in [-0.4, -0.2) is 4.98 Å². The Kier molecular flexibility index (Phi) is 3.22. The molecule has 4 nitrogen and oxygen atoms in total. The van der Waals surface area contributed by atoms with Gasteiger partial charge in [-0.05, 0) is 30.7 Å². The van der Waals surface area contributed by atoms with Gasteiger partial charge in [0.1, 0.15) is 12.4 Å². The summed E-state index contributed by atoms with van der Waals surface area (Å²) in [5, 5.41) is 0. The summed E-state index contributed by atoms with van der Waals surface area (Å²) in [5.74, 6) is 1.35. The van der Waals surface area contributed by atoms with Gasteiger partial charge in [0.15, 0.2) is 0 Å². The third-order valence-corrected chi connectivity index (χ3v) is 2.39. The largest absolute Gasteiger partial charge is 0.469 e. The number of ether oxygens (including phenoxy) is 1. The van der Waals surface area contributed by atoms with Crippen molar-refractivity contribution in [2.75, 3.05) is 0 Å². The second kappa shape index (κ2) is 4.81. The maximum Gasteiger partial charge on any atom is 0.218 e. The Morgan fingerprint density at radius 3 is 3.00 bits per heavy atom. The molecule has 2 aromatic heterocycles. The zero-order valence-electron chi connectivity index (χ0n) is 9.14. The van der Waals surface area contributed by atoms with Crippen LogP contribution in [0.2, 0.25) is 0 Å². The van der Waals surface area contributed by atoms with Gasteiger partial charge in [0.2, 0.25) is 5.88 Å². The second-order valence-corrected chi connectivity index (χ2v) is 3.48. The lowest BCUT2D eigenvalue weighted by Gasteiger charge is -2.09. The lowest BCUT2D eigenvalue weighted by molar-refractivity contribution is 0.258. The molecule has 0 aliphatic carbocycles. The molecule has 0 aromatic carbocycles. The molecule has 0 unspecified atom stereocenters. The molecule has 4 heteroatoms. The molecular formula is C12H14N2O2. The summed E-state index contributed by atoms with van der Waals surface area (Å²) < 4.78 is 10.7. The average molecular weight is 218 g/mol. The topological polar surface area (TPSA) is 61.3 Å². The van der Waals surface area contributed by atoms with Crippen LogP contribution in [-0.2, 0) is 13.2 Å². The first-order valence-electron chi connectivity index (χ1n) is 5.11. The zero-order valence-corrected chi connectivity index (χ0v) is 9.14. The van der Waals surface area contributed by atoms with Crippen LogP contribution < -0.4 is 10.5 Å². The average Bonchev–Trinajstić information content (AvgIpc) is 2.79. The van der Waals surface area contributed by atoms with Gasteiger partial charge in [-0.15, -0.1) is 0 Å². The van der Waals surface area contributed by atoms with E-state index in [1.165, 1.54) is 0 Å². The smallest absolute Gasteiger partial charge is 0.218 e. The van der Waals surface area contributed by atoms with Gasteiger partial charge in [-0.25, -0.2) is 4.98 Å². The van der Waals surface area contributed by atoms with Crippen LogP contribution in [0.4, 0.5) is 0 Å². The molecule has 0 radical (unpaired) electrons. The number of aromatic nitrogens is 1. The molecular weight excluding hydrogens is 204 g/mol. The van der Waals surface area contributed by atoms with Crippen LogP contribution in [0, 0.1) is 6.92 Å². The van der Waals surface area contributed by atoms with Crippen molar-refractivity contribution in [3.8, 4) is 5.88 Å². The fourth-order valence-corrected chi connectivity index (χ4v) is 1.47.